The Hall–Kier alpha value is -3.68. The van der Waals surface area contributed by atoms with Crippen LogP contribution in [0.5, 0.6) is 0 Å². The molecule has 0 radical (unpaired) electrons. The van der Waals surface area contributed by atoms with Crippen LogP contribution in [-0.4, -0.2) is 90.1 Å². The summed E-state index contributed by atoms with van der Waals surface area (Å²) in [5, 5.41) is 25.0. The SMILES string of the molecule is NCCCc1cnn(CC2C(NC(=O)/C(=N\OC3(C(=O)O)CC3)c3csc(N)n3)C(=O)N2S(=O)(=O)O)n1. The number of carboxylic acid groups (broad SMARTS) is 1. The number of anilines is 1. The summed E-state index contributed by atoms with van der Waals surface area (Å²) in [6.45, 7) is 0.147. The molecule has 1 aliphatic heterocycles. The zero-order valence-corrected chi connectivity index (χ0v) is 20.7. The van der Waals surface area contributed by atoms with Crippen LogP contribution in [0.1, 0.15) is 30.7 Å². The zero-order chi connectivity index (χ0) is 27.0. The summed E-state index contributed by atoms with van der Waals surface area (Å²) in [7, 11) is -4.96. The number of aromatic nitrogens is 4. The number of carboxylic acids is 1. The molecule has 2 aromatic heterocycles. The lowest BCUT2D eigenvalue weighted by Gasteiger charge is -2.43. The Morgan fingerprint density at radius 2 is 2.11 bits per heavy atom. The second-order valence-electron chi connectivity index (χ2n) is 8.31. The Bertz CT molecular complexity index is 1350. The number of carbonyl (C=O) groups is 3. The highest BCUT2D eigenvalue weighted by Crippen LogP contribution is 2.40. The van der Waals surface area contributed by atoms with Crippen molar-refractivity contribution in [2.24, 2.45) is 10.9 Å². The minimum Gasteiger partial charge on any atom is -0.478 e. The summed E-state index contributed by atoms with van der Waals surface area (Å²) in [4.78, 5) is 47.3. The van der Waals surface area contributed by atoms with Crippen LogP contribution in [0.4, 0.5) is 5.13 Å². The number of aliphatic carboxylic acids is 1. The van der Waals surface area contributed by atoms with E-state index in [1.165, 1.54) is 11.6 Å². The third kappa shape index (κ3) is 5.53. The van der Waals surface area contributed by atoms with Crippen molar-refractivity contribution in [3.63, 3.8) is 0 Å². The molecule has 2 aromatic rings. The molecular formula is C18H23N9O8S2. The van der Waals surface area contributed by atoms with Gasteiger partial charge < -0.3 is 26.7 Å². The molecule has 4 rings (SSSR count). The lowest BCUT2D eigenvalue weighted by molar-refractivity contribution is -0.153. The molecular weight excluding hydrogens is 534 g/mol. The summed E-state index contributed by atoms with van der Waals surface area (Å²) in [6, 6.07) is -2.71. The van der Waals surface area contributed by atoms with E-state index in [0.717, 1.165) is 16.1 Å². The monoisotopic (exact) mass is 557 g/mol. The highest BCUT2D eigenvalue weighted by atomic mass is 32.2. The Balaban J connectivity index is 1.56. The lowest BCUT2D eigenvalue weighted by Crippen LogP contribution is -2.73. The van der Waals surface area contributed by atoms with Crippen LogP contribution in [-0.2, 0) is 42.5 Å². The quantitative estimate of drug-likeness (QED) is 0.0800. The van der Waals surface area contributed by atoms with Crippen LogP contribution in [0.3, 0.4) is 0 Å². The molecule has 19 heteroatoms. The fraction of sp³-hybridized carbons (Fsp3) is 0.500. The van der Waals surface area contributed by atoms with Gasteiger partial charge in [0.05, 0.1) is 18.4 Å². The number of carbonyl (C=O) groups excluding carboxylic acids is 2. The molecule has 3 heterocycles. The number of nitrogens with two attached hydrogens (primary N) is 2. The van der Waals surface area contributed by atoms with E-state index >= 15 is 0 Å². The van der Waals surface area contributed by atoms with Gasteiger partial charge in [-0.2, -0.15) is 23.4 Å². The number of β-lactam (4-membered cyclic amide) rings is 1. The summed E-state index contributed by atoms with van der Waals surface area (Å²) >= 11 is 0.977. The number of aryl methyl sites for hydroxylation is 1. The van der Waals surface area contributed by atoms with E-state index in [0.29, 0.717) is 25.1 Å². The Labute approximate surface area is 213 Å². The van der Waals surface area contributed by atoms with Crippen LogP contribution < -0.4 is 16.8 Å². The number of hydrogen-bond donors (Lipinski definition) is 5. The maximum atomic E-state index is 13.1. The molecule has 2 fully saturated rings. The van der Waals surface area contributed by atoms with E-state index in [1.807, 2.05) is 0 Å². The van der Waals surface area contributed by atoms with Crippen molar-refractivity contribution >= 4 is 50.3 Å². The minimum absolute atomic E-state index is 0.0468. The Kier molecular flexibility index (Phi) is 7.13. The molecule has 0 aromatic carbocycles. The highest BCUT2D eigenvalue weighted by Gasteiger charge is 2.56. The molecule has 2 amide bonds. The van der Waals surface area contributed by atoms with Crippen molar-refractivity contribution < 1.29 is 37.3 Å². The summed E-state index contributed by atoms with van der Waals surface area (Å²) in [6.07, 6.45) is 2.97. The molecule has 0 spiro atoms. The molecule has 7 N–H and O–H groups in total. The maximum Gasteiger partial charge on any atom is 0.362 e. The first-order valence-corrected chi connectivity index (χ1v) is 13.1. The average Bonchev–Trinajstić information content (AvgIpc) is 3.29. The van der Waals surface area contributed by atoms with E-state index in [4.69, 9.17) is 16.3 Å². The first-order valence-electron chi connectivity index (χ1n) is 10.9. The van der Waals surface area contributed by atoms with Crippen molar-refractivity contribution in [2.75, 3.05) is 12.3 Å². The van der Waals surface area contributed by atoms with E-state index in [2.05, 4.69) is 25.7 Å². The van der Waals surface area contributed by atoms with Crippen LogP contribution >= 0.6 is 11.3 Å². The Morgan fingerprint density at radius 1 is 1.38 bits per heavy atom. The van der Waals surface area contributed by atoms with Gasteiger partial charge in [-0.3, -0.25) is 14.1 Å². The number of nitrogens with one attached hydrogen (secondary N) is 1. The molecule has 1 aliphatic carbocycles. The van der Waals surface area contributed by atoms with Crippen molar-refractivity contribution in [3.05, 3.63) is 23.0 Å². The van der Waals surface area contributed by atoms with E-state index in [9.17, 15) is 32.5 Å². The van der Waals surface area contributed by atoms with E-state index in [1.54, 1.807) is 0 Å². The Morgan fingerprint density at radius 3 is 2.68 bits per heavy atom. The lowest BCUT2D eigenvalue weighted by atomic mass is 9.98. The molecule has 1 saturated carbocycles. The number of nitrogen functional groups attached to an aromatic ring is 1. The maximum absolute atomic E-state index is 13.1. The van der Waals surface area contributed by atoms with Crippen LogP contribution in [0, 0.1) is 0 Å². The van der Waals surface area contributed by atoms with Gasteiger partial charge in [0.1, 0.15) is 17.8 Å². The summed E-state index contributed by atoms with van der Waals surface area (Å²) < 4.78 is 33.4. The number of hydrogen-bond acceptors (Lipinski definition) is 13. The first-order chi connectivity index (χ1) is 17.4. The summed E-state index contributed by atoms with van der Waals surface area (Å²) in [5.74, 6) is -3.38. The predicted octanol–water partition coefficient (Wildman–Crippen LogP) is -2.26. The second kappa shape index (κ2) is 10.00. The first kappa shape index (κ1) is 26.4. The van der Waals surface area contributed by atoms with Crippen molar-refractivity contribution in [3.8, 4) is 0 Å². The van der Waals surface area contributed by atoms with Gasteiger partial charge in [0.25, 0.3) is 11.8 Å². The van der Waals surface area contributed by atoms with Crippen LogP contribution in [0.25, 0.3) is 0 Å². The number of oxime groups is 1. The third-order valence-electron chi connectivity index (χ3n) is 5.66. The molecule has 2 unspecified atom stereocenters. The highest BCUT2D eigenvalue weighted by molar-refractivity contribution is 7.84. The molecule has 2 aliphatic rings. The molecule has 1 saturated heterocycles. The van der Waals surface area contributed by atoms with Crippen molar-refractivity contribution in [2.45, 2.75) is 49.9 Å². The third-order valence-corrected chi connectivity index (χ3v) is 7.28. The molecule has 17 nitrogen and oxygen atoms in total. The fourth-order valence-corrected chi connectivity index (χ4v) is 4.95. The van der Waals surface area contributed by atoms with Crippen molar-refractivity contribution in [1.29, 1.82) is 0 Å². The standard InChI is InChI=1S/C18H23N9O8S2/c19-5-1-2-9-6-21-26(24-9)7-11-13(15(29)27(11)37(32,33)34)23-14(28)12(10-8-36-17(20)22-10)25-35-18(3-4-18)16(30)31/h6,8,11,13H,1-5,7,19H2,(H2,20,22)(H,23,28)(H,30,31)(H,32,33,34)/b25-12-. The molecule has 0 bridgehead atoms. The van der Waals surface area contributed by atoms with Gasteiger partial charge in [0.2, 0.25) is 5.60 Å². The van der Waals surface area contributed by atoms with Gasteiger partial charge in [0.15, 0.2) is 10.8 Å². The number of thiazole rings is 1. The van der Waals surface area contributed by atoms with Crippen LogP contribution in [0.2, 0.25) is 0 Å². The van der Waals surface area contributed by atoms with Gasteiger partial charge in [-0.15, -0.1) is 11.3 Å². The average molecular weight is 558 g/mol. The second-order valence-corrected chi connectivity index (χ2v) is 10.5. The largest absolute Gasteiger partial charge is 0.478 e. The smallest absolute Gasteiger partial charge is 0.362 e. The number of rotatable bonds is 12. The van der Waals surface area contributed by atoms with E-state index in [-0.39, 0.29) is 34.5 Å². The summed E-state index contributed by atoms with van der Waals surface area (Å²) in [5.41, 5.74) is 9.60. The fourth-order valence-electron chi connectivity index (χ4n) is 3.53. The van der Waals surface area contributed by atoms with Gasteiger partial charge in [0, 0.05) is 18.2 Å². The topological polar surface area (TPSA) is 258 Å². The molecule has 2 atom stereocenters. The van der Waals surface area contributed by atoms with Gasteiger partial charge in [-0.25, -0.2) is 14.1 Å². The number of nitrogens with zero attached hydrogens (tertiary/aromatic N) is 6. The van der Waals surface area contributed by atoms with Crippen molar-refractivity contribution in [1.82, 2.24) is 29.6 Å². The van der Waals surface area contributed by atoms with Crippen LogP contribution in [0.15, 0.2) is 16.7 Å². The molecule has 37 heavy (non-hydrogen) atoms. The number of amides is 2. The van der Waals surface area contributed by atoms with Gasteiger partial charge in [-0.05, 0) is 19.4 Å². The zero-order valence-electron chi connectivity index (χ0n) is 19.1. The van der Waals surface area contributed by atoms with Gasteiger partial charge >= 0.3 is 16.3 Å². The minimum atomic E-state index is -4.96. The normalized spacial score (nSPS) is 20.9. The van der Waals surface area contributed by atoms with Gasteiger partial charge in [-0.1, -0.05) is 5.16 Å². The predicted molar refractivity (Wildman–Crippen MR) is 125 cm³/mol. The van der Waals surface area contributed by atoms with E-state index < -0.39 is 51.5 Å². The molecule has 200 valence electrons.